The van der Waals surface area contributed by atoms with Crippen LogP contribution in [-0.2, 0) is 6.54 Å². The van der Waals surface area contributed by atoms with E-state index in [1.807, 2.05) is 37.2 Å². The van der Waals surface area contributed by atoms with E-state index in [-0.39, 0.29) is 6.03 Å². The molecule has 16 heavy (non-hydrogen) atoms. The molecule has 2 rings (SSSR count). The van der Waals surface area contributed by atoms with E-state index < -0.39 is 0 Å². The van der Waals surface area contributed by atoms with Crippen molar-refractivity contribution in [3.8, 4) is 0 Å². The minimum Gasteiger partial charge on any atom is -0.331 e. The first-order valence-electron chi connectivity index (χ1n) is 5.70. The third-order valence-electron chi connectivity index (χ3n) is 2.81. The van der Waals surface area contributed by atoms with E-state index in [0.29, 0.717) is 6.04 Å². The third kappa shape index (κ3) is 2.54. The maximum Gasteiger partial charge on any atom is 0.320 e. The quantitative estimate of drug-likeness (QED) is 0.763. The molecule has 0 unspecified atom stereocenters. The van der Waals surface area contributed by atoms with E-state index in [0.717, 1.165) is 19.4 Å². The number of amides is 2. The molecule has 86 valence electrons. The summed E-state index contributed by atoms with van der Waals surface area (Å²) in [6, 6.07) is 10.7. The van der Waals surface area contributed by atoms with Crippen molar-refractivity contribution in [2.45, 2.75) is 25.4 Å². The Kier molecular flexibility index (Phi) is 3.13. The molecule has 1 aromatic rings. The van der Waals surface area contributed by atoms with Crippen molar-refractivity contribution in [1.29, 1.82) is 0 Å². The van der Waals surface area contributed by atoms with E-state index in [9.17, 15) is 4.79 Å². The number of benzene rings is 1. The van der Waals surface area contributed by atoms with Crippen LogP contribution in [0, 0.1) is 0 Å². The molecular formula is C13H18N2O. The van der Waals surface area contributed by atoms with Gasteiger partial charge in [0.2, 0.25) is 0 Å². The Labute approximate surface area is 96.7 Å². The van der Waals surface area contributed by atoms with E-state index in [2.05, 4.69) is 12.1 Å². The van der Waals surface area contributed by atoms with Crippen LogP contribution in [0.5, 0.6) is 0 Å². The second-order valence-electron chi connectivity index (χ2n) is 4.52. The molecule has 0 aromatic heterocycles. The largest absolute Gasteiger partial charge is 0.331 e. The van der Waals surface area contributed by atoms with Gasteiger partial charge in [0.05, 0.1) is 0 Å². The first kappa shape index (κ1) is 11.0. The van der Waals surface area contributed by atoms with Gasteiger partial charge < -0.3 is 9.80 Å². The predicted molar refractivity (Wildman–Crippen MR) is 64.1 cm³/mol. The van der Waals surface area contributed by atoms with Crippen molar-refractivity contribution >= 4 is 6.03 Å². The SMILES string of the molecule is CN(C)C(=O)N(Cc1ccccc1)C1CC1. The number of hydrogen-bond donors (Lipinski definition) is 0. The Morgan fingerprint density at radius 3 is 2.38 bits per heavy atom. The Morgan fingerprint density at radius 1 is 1.25 bits per heavy atom. The van der Waals surface area contributed by atoms with Crippen LogP contribution < -0.4 is 0 Å². The highest BCUT2D eigenvalue weighted by molar-refractivity contribution is 5.74. The standard InChI is InChI=1S/C13H18N2O/c1-14(2)13(16)15(12-8-9-12)10-11-6-4-3-5-7-11/h3-7,12H,8-10H2,1-2H3. The van der Waals surface area contributed by atoms with Crippen LogP contribution in [0.2, 0.25) is 0 Å². The molecule has 0 heterocycles. The van der Waals surface area contributed by atoms with Gasteiger partial charge in [-0.1, -0.05) is 30.3 Å². The molecule has 0 atom stereocenters. The fourth-order valence-electron chi connectivity index (χ4n) is 1.78. The van der Waals surface area contributed by atoms with Crippen LogP contribution in [0.4, 0.5) is 4.79 Å². The number of nitrogens with zero attached hydrogens (tertiary/aromatic N) is 2. The van der Waals surface area contributed by atoms with Crippen LogP contribution in [-0.4, -0.2) is 36.0 Å². The molecule has 1 fully saturated rings. The van der Waals surface area contributed by atoms with Crippen molar-refractivity contribution in [2.24, 2.45) is 0 Å². The number of urea groups is 1. The lowest BCUT2D eigenvalue weighted by Gasteiger charge is -2.26. The molecular weight excluding hydrogens is 200 g/mol. The molecule has 1 aromatic carbocycles. The monoisotopic (exact) mass is 218 g/mol. The first-order chi connectivity index (χ1) is 7.68. The molecule has 1 aliphatic carbocycles. The zero-order valence-electron chi connectivity index (χ0n) is 9.89. The summed E-state index contributed by atoms with van der Waals surface area (Å²) in [7, 11) is 3.62. The average Bonchev–Trinajstić information content (AvgIpc) is 3.10. The van der Waals surface area contributed by atoms with Gasteiger partial charge in [0, 0.05) is 26.7 Å². The van der Waals surface area contributed by atoms with E-state index in [1.165, 1.54) is 5.56 Å². The van der Waals surface area contributed by atoms with Gasteiger partial charge in [0.1, 0.15) is 0 Å². The average molecular weight is 218 g/mol. The summed E-state index contributed by atoms with van der Waals surface area (Å²) in [6.45, 7) is 0.725. The predicted octanol–water partition coefficient (Wildman–Crippen LogP) is 2.33. The second-order valence-corrected chi connectivity index (χ2v) is 4.52. The molecule has 3 heteroatoms. The molecule has 0 N–H and O–H groups in total. The van der Waals surface area contributed by atoms with Crippen molar-refractivity contribution in [3.63, 3.8) is 0 Å². The van der Waals surface area contributed by atoms with Gasteiger partial charge in [0.25, 0.3) is 0 Å². The van der Waals surface area contributed by atoms with Gasteiger partial charge in [0.15, 0.2) is 0 Å². The molecule has 3 nitrogen and oxygen atoms in total. The highest BCUT2D eigenvalue weighted by Crippen LogP contribution is 2.28. The fraction of sp³-hybridized carbons (Fsp3) is 0.462. The Bertz CT molecular complexity index is 357. The van der Waals surface area contributed by atoms with Crippen LogP contribution in [0.15, 0.2) is 30.3 Å². The lowest BCUT2D eigenvalue weighted by molar-refractivity contribution is 0.165. The molecule has 0 bridgehead atoms. The van der Waals surface area contributed by atoms with Gasteiger partial charge in [-0.25, -0.2) is 4.79 Å². The third-order valence-corrected chi connectivity index (χ3v) is 2.81. The van der Waals surface area contributed by atoms with Crippen LogP contribution >= 0.6 is 0 Å². The Hall–Kier alpha value is -1.51. The lowest BCUT2D eigenvalue weighted by Crippen LogP contribution is -2.40. The van der Waals surface area contributed by atoms with E-state index in [1.54, 1.807) is 4.90 Å². The van der Waals surface area contributed by atoms with Gasteiger partial charge >= 0.3 is 6.03 Å². The van der Waals surface area contributed by atoms with Crippen LogP contribution in [0.3, 0.4) is 0 Å². The Balaban J connectivity index is 2.06. The molecule has 1 saturated carbocycles. The maximum atomic E-state index is 12.0. The van der Waals surface area contributed by atoms with E-state index >= 15 is 0 Å². The molecule has 0 spiro atoms. The minimum atomic E-state index is 0.117. The zero-order chi connectivity index (χ0) is 11.5. The second kappa shape index (κ2) is 4.56. The molecule has 0 saturated heterocycles. The highest BCUT2D eigenvalue weighted by Gasteiger charge is 2.33. The Morgan fingerprint density at radius 2 is 1.88 bits per heavy atom. The van der Waals surface area contributed by atoms with Gasteiger partial charge in [-0.3, -0.25) is 0 Å². The number of rotatable bonds is 3. The topological polar surface area (TPSA) is 23.6 Å². The molecule has 2 amide bonds. The summed E-state index contributed by atoms with van der Waals surface area (Å²) in [4.78, 5) is 15.6. The van der Waals surface area contributed by atoms with Crippen molar-refractivity contribution in [3.05, 3.63) is 35.9 Å². The summed E-state index contributed by atoms with van der Waals surface area (Å²) < 4.78 is 0. The van der Waals surface area contributed by atoms with Crippen LogP contribution in [0.1, 0.15) is 18.4 Å². The summed E-state index contributed by atoms with van der Waals surface area (Å²) in [5.41, 5.74) is 1.20. The van der Waals surface area contributed by atoms with Crippen molar-refractivity contribution in [1.82, 2.24) is 9.80 Å². The van der Waals surface area contributed by atoms with E-state index in [4.69, 9.17) is 0 Å². The molecule has 0 aliphatic heterocycles. The van der Waals surface area contributed by atoms with Gasteiger partial charge in [-0.05, 0) is 18.4 Å². The van der Waals surface area contributed by atoms with Crippen molar-refractivity contribution in [2.75, 3.05) is 14.1 Å². The maximum absolute atomic E-state index is 12.0. The van der Waals surface area contributed by atoms with Gasteiger partial charge in [-0.15, -0.1) is 0 Å². The fourth-order valence-corrected chi connectivity index (χ4v) is 1.78. The first-order valence-corrected chi connectivity index (χ1v) is 5.70. The highest BCUT2D eigenvalue weighted by atomic mass is 16.2. The number of carbonyl (C=O) groups is 1. The minimum absolute atomic E-state index is 0.117. The lowest BCUT2D eigenvalue weighted by atomic mass is 10.2. The normalized spacial score (nSPS) is 14.6. The number of carbonyl (C=O) groups excluding carboxylic acids is 1. The molecule has 0 radical (unpaired) electrons. The summed E-state index contributed by atoms with van der Waals surface area (Å²) in [6.07, 6.45) is 2.29. The van der Waals surface area contributed by atoms with Crippen LogP contribution in [0.25, 0.3) is 0 Å². The molecule has 1 aliphatic rings. The van der Waals surface area contributed by atoms with Crippen molar-refractivity contribution < 1.29 is 4.79 Å². The zero-order valence-corrected chi connectivity index (χ0v) is 9.89. The summed E-state index contributed by atoms with van der Waals surface area (Å²) >= 11 is 0. The number of hydrogen-bond acceptors (Lipinski definition) is 1. The summed E-state index contributed by atoms with van der Waals surface area (Å²) in [5.74, 6) is 0. The van der Waals surface area contributed by atoms with Gasteiger partial charge in [-0.2, -0.15) is 0 Å². The smallest absolute Gasteiger partial charge is 0.320 e. The summed E-state index contributed by atoms with van der Waals surface area (Å²) in [5, 5.41) is 0.